The molecule has 0 fully saturated rings. The Morgan fingerprint density at radius 1 is 1.25 bits per heavy atom. The minimum atomic E-state index is -0.625. The standard InChI is InChI=1S/C12H16N4O4/c1-20-9-3-2-7(12(14)19)4-8(9)16-11(18)6-15-10(17)5-13/h2-4H,5-6,13H2,1H3,(H2,14,19)(H,15,17)(H,16,18). The lowest BCUT2D eigenvalue weighted by Gasteiger charge is -2.11. The van der Waals surface area contributed by atoms with Crippen molar-refractivity contribution in [1.82, 2.24) is 5.32 Å². The third kappa shape index (κ3) is 4.25. The lowest BCUT2D eigenvalue weighted by atomic mass is 10.1. The molecule has 0 aromatic heterocycles. The summed E-state index contributed by atoms with van der Waals surface area (Å²) in [5, 5.41) is 4.83. The number of benzene rings is 1. The maximum atomic E-state index is 11.6. The van der Waals surface area contributed by atoms with Gasteiger partial charge in [0.1, 0.15) is 5.75 Å². The lowest BCUT2D eigenvalue weighted by molar-refractivity contribution is -0.123. The number of primary amides is 1. The molecule has 1 rings (SSSR count). The minimum absolute atomic E-state index is 0.201. The van der Waals surface area contributed by atoms with Crippen LogP contribution in [0.5, 0.6) is 5.75 Å². The third-order valence-corrected chi connectivity index (χ3v) is 2.39. The molecule has 8 nitrogen and oxygen atoms in total. The zero-order chi connectivity index (χ0) is 15.1. The number of hydrogen-bond donors (Lipinski definition) is 4. The van der Waals surface area contributed by atoms with Crippen LogP contribution in [0.1, 0.15) is 10.4 Å². The Bertz CT molecular complexity index is 530. The highest BCUT2D eigenvalue weighted by atomic mass is 16.5. The Balaban J connectivity index is 2.79. The van der Waals surface area contributed by atoms with Crippen molar-refractivity contribution >= 4 is 23.4 Å². The van der Waals surface area contributed by atoms with Gasteiger partial charge < -0.3 is 26.8 Å². The Hall–Kier alpha value is -2.61. The first-order chi connectivity index (χ1) is 9.47. The molecule has 3 amide bonds. The molecule has 1 aromatic carbocycles. The summed E-state index contributed by atoms with van der Waals surface area (Å²) in [6.45, 7) is -0.437. The van der Waals surface area contributed by atoms with E-state index in [1.807, 2.05) is 0 Å². The summed E-state index contributed by atoms with van der Waals surface area (Å²) in [6, 6.07) is 4.38. The summed E-state index contributed by atoms with van der Waals surface area (Å²) in [5.41, 5.74) is 10.8. The van der Waals surface area contributed by atoms with E-state index >= 15 is 0 Å². The van der Waals surface area contributed by atoms with E-state index in [1.54, 1.807) is 0 Å². The summed E-state index contributed by atoms with van der Waals surface area (Å²) in [4.78, 5) is 33.7. The fourth-order valence-corrected chi connectivity index (χ4v) is 1.40. The van der Waals surface area contributed by atoms with Crippen LogP contribution in [0.25, 0.3) is 0 Å². The number of nitrogens with one attached hydrogen (secondary N) is 2. The van der Waals surface area contributed by atoms with Crippen molar-refractivity contribution in [3.8, 4) is 5.75 Å². The zero-order valence-corrected chi connectivity index (χ0v) is 10.9. The Labute approximate surface area is 115 Å². The van der Waals surface area contributed by atoms with Crippen molar-refractivity contribution in [2.24, 2.45) is 11.5 Å². The van der Waals surface area contributed by atoms with Crippen LogP contribution in [-0.4, -0.2) is 37.9 Å². The smallest absolute Gasteiger partial charge is 0.248 e. The maximum Gasteiger partial charge on any atom is 0.248 e. The van der Waals surface area contributed by atoms with Gasteiger partial charge in [-0.25, -0.2) is 0 Å². The summed E-state index contributed by atoms with van der Waals surface area (Å²) >= 11 is 0. The van der Waals surface area contributed by atoms with Crippen LogP contribution in [0.4, 0.5) is 5.69 Å². The second-order valence-corrected chi connectivity index (χ2v) is 3.81. The molecular formula is C12H16N4O4. The number of methoxy groups -OCH3 is 1. The van der Waals surface area contributed by atoms with Crippen LogP contribution in [0.2, 0.25) is 0 Å². The lowest BCUT2D eigenvalue weighted by Crippen LogP contribution is -2.36. The summed E-state index contributed by atoms with van der Waals surface area (Å²) < 4.78 is 5.05. The first-order valence-corrected chi connectivity index (χ1v) is 5.72. The number of carbonyl (C=O) groups is 3. The fourth-order valence-electron chi connectivity index (χ4n) is 1.40. The molecular weight excluding hydrogens is 264 g/mol. The molecule has 6 N–H and O–H groups in total. The van der Waals surface area contributed by atoms with E-state index in [1.165, 1.54) is 25.3 Å². The van der Waals surface area contributed by atoms with Crippen molar-refractivity contribution < 1.29 is 19.1 Å². The molecule has 0 radical (unpaired) electrons. The maximum absolute atomic E-state index is 11.6. The molecule has 20 heavy (non-hydrogen) atoms. The van der Waals surface area contributed by atoms with Crippen LogP contribution in [0.3, 0.4) is 0 Å². The van der Waals surface area contributed by atoms with E-state index in [0.717, 1.165) is 0 Å². The summed E-state index contributed by atoms with van der Waals surface area (Å²) in [5.74, 6) is -1.18. The Kier molecular flexibility index (Phi) is 5.48. The predicted octanol–water partition coefficient (Wildman–Crippen LogP) is -1.19. The first kappa shape index (κ1) is 15.4. The van der Waals surface area contributed by atoms with Gasteiger partial charge in [0, 0.05) is 5.56 Å². The molecule has 0 saturated heterocycles. The highest BCUT2D eigenvalue weighted by Crippen LogP contribution is 2.25. The van der Waals surface area contributed by atoms with Gasteiger partial charge in [0.25, 0.3) is 0 Å². The zero-order valence-electron chi connectivity index (χ0n) is 10.9. The van der Waals surface area contributed by atoms with Gasteiger partial charge >= 0.3 is 0 Å². The minimum Gasteiger partial charge on any atom is -0.495 e. The topological polar surface area (TPSA) is 137 Å². The first-order valence-electron chi connectivity index (χ1n) is 5.72. The predicted molar refractivity (Wildman–Crippen MR) is 72.2 cm³/mol. The number of ether oxygens (including phenoxy) is 1. The van der Waals surface area contributed by atoms with E-state index in [-0.39, 0.29) is 24.3 Å². The number of hydrogen-bond acceptors (Lipinski definition) is 5. The Morgan fingerprint density at radius 2 is 1.95 bits per heavy atom. The van der Waals surface area contributed by atoms with Gasteiger partial charge in [0.05, 0.1) is 25.9 Å². The monoisotopic (exact) mass is 280 g/mol. The molecule has 0 saturated carbocycles. The molecule has 0 aliphatic heterocycles. The van der Waals surface area contributed by atoms with E-state index < -0.39 is 17.7 Å². The number of anilines is 1. The van der Waals surface area contributed by atoms with E-state index in [4.69, 9.17) is 16.2 Å². The number of carbonyl (C=O) groups excluding carboxylic acids is 3. The highest BCUT2D eigenvalue weighted by Gasteiger charge is 2.11. The number of rotatable bonds is 6. The van der Waals surface area contributed by atoms with Crippen molar-refractivity contribution in [3.63, 3.8) is 0 Å². The number of amides is 3. The average molecular weight is 280 g/mol. The Morgan fingerprint density at radius 3 is 2.50 bits per heavy atom. The van der Waals surface area contributed by atoms with Gasteiger partial charge in [0.2, 0.25) is 17.7 Å². The van der Waals surface area contributed by atoms with Crippen LogP contribution in [0, 0.1) is 0 Å². The van der Waals surface area contributed by atoms with Gasteiger partial charge in [-0.15, -0.1) is 0 Å². The highest BCUT2D eigenvalue weighted by molar-refractivity contribution is 5.99. The van der Waals surface area contributed by atoms with E-state index in [9.17, 15) is 14.4 Å². The van der Waals surface area contributed by atoms with Crippen molar-refractivity contribution in [3.05, 3.63) is 23.8 Å². The molecule has 0 atom stereocenters. The van der Waals surface area contributed by atoms with Crippen molar-refractivity contribution in [2.75, 3.05) is 25.5 Å². The molecule has 1 aromatic rings. The van der Waals surface area contributed by atoms with E-state index in [2.05, 4.69) is 10.6 Å². The van der Waals surface area contributed by atoms with Gasteiger partial charge in [-0.05, 0) is 18.2 Å². The fraction of sp³-hybridized carbons (Fsp3) is 0.250. The second kappa shape index (κ2) is 7.10. The molecule has 108 valence electrons. The normalized spacial score (nSPS) is 9.70. The van der Waals surface area contributed by atoms with Crippen LogP contribution >= 0.6 is 0 Å². The quantitative estimate of drug-likeness (QED) is 0.519. The average Bonchev–Trinajstić information content (AvgIpc) is 2.44. The van der Waals surface area contributed by atoms with Crippen molar-refractivity contribution in [2.45, 2.75) is 0 Å². The SMILES string of the molecule is COc1ccc(C(N)=O)cc1NC(=O)CNC(=O)CN. The summed E-state index contributed by atoms with van der Waals surface area (Å²) in [7, 11) is 1.42. The molecule has 8 heteroatoms. The molecule has 0 aliphatic carbocycles. The molecule has 0 unspecified atom stereocenters. The van der Waals surface area contributed by atoms with E-state index in [0.29, 0.717) is 5.75 Å². The van der Waals surface area contributed by atoms with Gasteiger partial charge in [0.15, 0.2) is 0 Å². The van der Waals surface area contributed by atoms with Crippen LogP contribution in [-0.2, 0) is 9.59 Å². The van der Waals surface area contributed by atoms with Gasteiger partial charge in [-0.2, -0.15) is 0 Å². The number of nitrogens with two attached hydrogens (primary N) is 2. The van der Waals surface area contributed by atoms with Gasteiger partial charge in [-0.3, -0.25) is 14.4 Å². The molecule has 0 bridgehead atoms. The largest absolute Gasteiger partial charge is 0.495 e. The third-order valence-electron chi connectivity index (χ3n) is 2.39. The second-order valence-electron chi connectivity index (χ2n) is 3.81. The van der Waals surface area contributed by atoms with Crippen LogP contribution < -0.4 is 26.8 Å². The molecule has 0 aliphatic rings. The van der Waals surface area contributed by atoms with Gasteiger partial charge in [-0.1, -0.05) is 0 Å². The summed E-state index contributed by atoms with van der Waals surface area (Å²) in [6.07, 6.45) is 0. The van der Waals surface area contributed by atoms with Crippen molar-refractivity contribution in [1.29, 1.82) is 0 Å². The van der Waals surface area contributed by atoms with Crippen LogP contribution in [0.15, 0.2) is 18.2 Å². The molecule has 0 heterocycles. The molecule has 0 spiro atoms.